The Morgan fingerprint density at radius 3 is 2.55 bits per heavy atom. The van der Waals surface area contributed by atoms with Gasteiger partial charge in [0.2, 0.25) is 0 Å². The number of anilines is 1. The second kappa shape index (κ2) is 9.95. The van der Waals surface area contributed by atoms with E-state index in [1.54, 1.807) is 60.7 Å². The van der Waals surface area contributed by atoms with Crippen LogP contribution in [-0.2, 0) is 0 Å². The molecule has 0 aliphatic carbocycles. The summed E-state index contributed by atoms with van der Waals surface area (Å²) in [5.74, 6) is 0.000426. The first-order valence-corrected chi connectivity index (χ1v) is 11.2. The second-order valence-corrected chi connectivity index (χ2v) is 8.74. The molecule has 6 nitrogen and oxygen atoms in total. The summed E-state index contributed by atoms with van der Waals surface area (Å²) in [6.45, 7) is 4.49. The van der Waals surface area contributed by atoms with Gasteiger partial charge in [-0.2, -0.15) is 4.98 Å². The van der Waals surface area contributed by atoms with Gasteiger partial charge in [-0.05, 0) is 60.5 Å². The van der Waals surface area contributed by atoms with Gasteiger partial charge >= 0.3 is 6.01 Å². The van der Waals surface area contributed by atoms with E-state index in [-0.39, 0.29) is 11.9 Å². The first-order chi connectivity index (χ1) is 15.9. The normalized spacial score (nSPS) is 10.9. The molecule has 0 aliphatic rings. The lowest BCUT2D eigenvalue weighted by Gasteiger charge is -2.09. The van der Waals surface area contributed by atoms with E-state index in [1.165, 1.54) is 10.7 Å². The van der Waals surface area contributed by atoms with Crippen LogP contribution in [0.5, 0.6) is 6.01 Å². The van der Waals surface area contributed by atoms with E-state index < -0.39 is 5.82 Å². The van der Waals surface area contributed by atoms with Gasteiger partial charge in [0.25, 0.3) is 5.91 Å². The minimum atomic E-state index is -0.403. The minimum Gasteiger partial charge on any atom is -0.462 e. The van der Waals surface area contributed by atoms with Crippen LogP contribution in [0.1, 0.15) is 24.2 Å². The molecule has 0 unspecified atom stereocenters. The maximum Gasteiger partial charge on any atom is 0.336 e. The molecule has 0 bridgehead atoms. The lowest BCUT2D eigenvalue weighted by Crippen LogP contribution is -2.11. The molecule has 3 aromatic carbocycles. The number of benzene rings is 3. The number of aromatic nitrogens is 3. The largest absolute Gasteiger partial charge is 0.462 e. The topological polar surface area (TPSA) is 69.0 Å². The maximum atomic E-state index is 14.5. The second-order valence-electron chi connectivity index (χ2n) is 7.83. The molecule has 168 valence electrons. The van der Waals surface area contributed by atoms with Crippen molar-refractivity contribution < 1.29 is 13.9 Å². The van der Waals surface area contributed by atoms with E-state index in [2.05, 4.69) is 31.3 Å². The molecule has 1 heterocycles. The molecule has 0 saturated heterocycles. The number of halogens is 2. The molecule has 0 spiro atoms. The van der Waals surface area contributed by atoms with Crippen LogP contribution in [0.15, 0.2) is 77.3 Å². The van der Waals surface area contributed by atoms with Crippen molar-refractivity contribution >= 4 is 27.5 Å². The van der Waals surface area contributed by atoms with Crippen molar-refractivity contribution in [3.05, 3.63) is 88.6 Å². The zero-order valence-corrected chi connectivity index (χ0v) is 19.7. The van der Waals surface area contributed by atoms with Crippen LogP contribution in [0.3, 0.4) is 0 Å². The Balaban J connectivity index is 1.62. The van der Waals surface area contributed by atoms with Gasteiger partial charge in [-0.3, -0.25) is 4.79 Å². The number of nitrogens with zero attached hydrogens (tertiary/aromatic N) is 3. The Morgan fingerprint density at radius 1 is 1.09 bits per heavy atom. The number of ether oxygens (including phenoxy) is 1. The fourth-order valence-corrected chi connectivity index (χ4v) is 3.51. The van der Waals surface area contributed by atoms with Crippen molar-refractivity contribution in [2.24, 2.45) is 5.92 Å². The molecule has 0 fully saturated rings. The zero-order chi connectivity index (χ0) is 23.4. The predicted molar refractivity (Wildman–Crippen MR) is 129 cm³/mol. The smallest absolute Gasteiger partial charge is 0.336 e. The van der Waals surface area contributed by atoms with Crippen LogP contribution in [-0.4, -0.2) is 27.3 Å². The summed E-state index contributed by atoms with van der Waals surface area (Å²) in [5, 5.41) is 7.31. The van der Waals surface area contributed by atoms with E-state index in [0.29, 0.717) is 40.9 Å². The van der Waals surface area contributed by atoms with E-state index in [4.69, 9.17) is 4.74 Å². The summed E-state index contributed by atoms with van der Waals surface area (Å²) in [6, 6.07) is 20.8. The van der Waals surface area contributed by atoms with Crippen molar-refractivity contribution in [2.45, 2.75) is 13.8 Å². The monoisotopic (exact) mass is 508 g/mol. The molecule has 1 amide bonds. The van der Waals surface area contributed by atoms with Gasteiger partial charge in [-0.15, -0.1) is 5.10 Å². The Bertz CT molecular complexity index is 1270. The molecule has 1 N–H and O–H groups in total. The van der Waals surface area contributed by atoms with Gasteiger partial charge < -0.3 is 10.1 Å². The molecule has 8 heteroatoms. The number of nitrogens with one attached hydrogen (secondary N) is 1. The number of rotatable bonds is 7. The van der Waals surface area contributed by atoms with Crippen LogP contribution in [0.25, 0.3) is 17.1 Å². The van der Waals surface area contributed by atoms with Gasteiger partial charge in [-0.25, -0.2) is 9.07 Å². The zero-order valence-electron chi connectivity index (χ0n) is 18.1. The van der Waals surface area contributed by atoms with Crippen molar-refractivity contribution in [2.75, 3.05) is 11.9 Å². The summed E-state index contributed by atoms with van der Waals surface area (Å²) in [6.07, 6.45) is 0. The van der Waals surface area contributed by atoms with E-state index in [9.17, 15) is 9.18 Å². The van der Waals surface area contributed by atoms with E-state index in [0.717, 1.165) is 4.47 Å². The SMILES string of the molecule is CC(C)COc1nc(-c2ccccc2F)n(-c2ccc(NC(=O)c3cccc(Br)c3)cc2)n1. The highest BCUT2D eigenvalue weighted by Gasteiger charge is 2.18. The van der Waals surface area contributed by atoms with E-state index in [1.807, 2.05) is 19.9 Å². The predicted octanol–water partition coefficient (Wildman–Crippen LogP) is 6.12. The fourth-order valence-electron chi connectivity index (χ4n) is 3.11. The summed E-state index contributed by atoms with van der Waals surface area (Å²) in [7, 11) is 0. The molecule has 1 aromatic heterocycles. The van der Waals surface area contributed by atoms with Gasteiger partial charge in [0.15, 0.2) is 5.82 Å². The highest BCUT2D eigenvalue weighted by atomic mass is 79.9. The molecule has 33 heavy (non-hydrogen) atoms. The highest BCUT2D eigenvalue weighted by Crippen LogP contribution is 2.26. The molecule has 4 rings (SSSR count). The summed E-state index contributed by atoms with van der Waals surface area (Å²) >= 11 is 3.37. The third kappa shape index (κ3) is 5.46. The molecule has 0 aliphatic heterocycles. The lowest BCUT2D eigenvalue weighted by molar-refractivity contribution is 0.102. The maximum absolute atomic E-state index is 14.5. The average Bonchev–Trinajstić information content (AvgIpc) is 3.22. The van der Waals surface area contributed by atoms with Gasteiger partial charge in [-0.1, -0.05) is 48.0 Å². The third-order valence-corrected chi connectivity index (χ3v) is 5.20. The highest BCUT2D eigenvalue weighted by molar-refractivity contribution is 9.10. The molecule has 0 radical (unpaired) electrons. The van der Waals surface area contributed by atoms with Gasteiger partial charge in [0.1, 0.15) is 5.82 Å². The van der Waals surface area contributed by atoms with E-state index >= 15 is 0 Å². The Morgan fingerprint density at radius 2 is 1.85 bits per heavy atom. The van der Waals surface area contributed by atoms with Gasteiger partial charge in [0, 0.05) is 15.7 Å². The Labute approximate surface area is 199 Å². The average molecular weight is 509 g/mol. The van der Waals surface area contributed by atoms with Gasteiger partial charge in [0.05, 0.1) is 17.9 Å². The number of hydrogen-bond donors (Lipinski definition) is 1. The molecule has 0 saturated carbocycles. The first kappa shape index (κ1) is 22.7. The Kier molecular flexibility index (Phi) is 6.84. The minimum absolute atomic E-state index is 0.175. The number of amides is 1. The van der Waals surface area contributed by atoms with Crippen LogP contribution in [0, 0.1) is 11.7 Å². The van der Waals surface area contributed by atoms with Crippen molar-refractivity contribution in [1.29, 1.82) is 0 Å². The summed E-state index contributed by atoms with van der Waals surface area (Å²) in [5.41, 5.74) is 2.13. The standard InChI is InChI=1S/C25H22BrFN4O2/c1-16(2)15-33-25-29-23(21-8-3-4-9-22(21)27)31(30-25)20-12-10-19(11-13-20)28-24(32)17-6-5-7-18(26)14-17/h3-14,16H,15H2,1-2H3,(H,28,32). The van der Waals surface area contributed by atoms with Crippen LogP contribution in [0.4, 0.5) is 10.1 Å². The first-order valence-electron chi connectivity index (χ1n) is 10.4. The molecule has 0 atom stereocenters. The van der Waals surface area contributed by atoms with Crippen molar-refractivity contribution in [3.63, 3.8) is 0 Å². The number of carbonyl (C=O) groups excluding carboxylic acids is 1. The number of hydrogen-bond acceptors (Lipinski definition) is 4. The summed E-state index contributed by atoms with van der Waals surface area (Å²) < 4.78 is 22.6. The quantitative estimate of drug-likeness (QED) is 0.326. The lowest BCUT2D eigenvalue weighted by atomic mass is 10.2. The summed E-state index contributed by atoms with van der Waals surface area (Å²) in [4.78, 5) is 16.9. The molecular weight excluding hydrogens is 487 g/mol. The Hall–Kier alpha value is -3.52. The van der Waals surface area contributed by atoms with Crippen molar-refractivity contribution in [3.8, 4) is 23.1 Å². The molecule has 4 aromatic rings. The van der Waals surface area contributed by atoms with Crippen LogP contribution >= 0.6 is 15.9 Å². The molecular formula is C25H22BrFN4O2. The van der Waals surface area contributed by atoms with Crippen molar-refractivity contribution in [1.82, 2.24) is 14.8 Å². The van der Waals surface area contributed by atoms with Crippen LogP contribution < -0.4 is 10.1 Å². The third-order valence-electron chi connectivity index (χ3n) is 4.70. The van der Waals surface area contributed by atoms with Crippen LogP contribution in [0.2, 0.25) is 0 Å². The fraction of sp³-hybridized carbons (Fsp3) is 0.160. The number of carbonyl (C=O) groups is 1.